The van der Waals surface area contributed by atoms with E-state index in [0.29, 0.717) is 0 Å². The predicted molar refractivity (Wildman–Crippen MR) is 83.3 cm³/mol. The van der Waals surface area contributed by atoms with Gasteiger partial charge in [-0.2, -0.15) is 26.9 Å². The van der Waals surface area contributed by atoms with Gasteiger partial charge in [0.2, 0.25) is 5.91 Å². The summed E-state index contributed by atoms with van der Waals surface area (Å²) in [7, 11) is 0. The van der Waals surface area contributed by atoms with E-state index < -0.39 is 55.0 Å². The number of aliphatic carboxylic acids is 1. The van der Waals surface area contributed by atoms with Crippen LogP contribution in [0, 0.1) is 12.0 Å². The molecule has 0 aromatic rings. The average molecular weight is 533 g/mol. The van der Waals surface area contributed by atoms with Gasteiger partial charge in [0.15, 0.2) is 5.97 Å². The number of hydrogen-bond donors (Lipinski definition) is 6. The molecule has 6 N–H and O–H groups in total. The molecule has 25 heavy (non-hydrogen) atoms. The summed E-state index contributed by atoms with van der Waals surface area (Å²) in [4.78, 5) is 22.0. The van der Waals surface area contributed by atoms with Crippen LogP contribution < -0.4 is 5.32 Å². The van der Waals surface area contributed by atoms with E-state index >= 15 is 0 Å². The minimum absolute atomic E-state index is 0. The summed E-state index contributed by atoms with van der Waals surface area (Å²) in [6.45, 7) is 6.64. The standard InChI is InChI=1S/C11H18NO8.C4H9.W/c1-4(14)12-8-5(15)2-7(11(18)19)20-10(8)9(17)6(16)3-13;1-4(2)3;/h5-6,8-10,13,15-17H,2-3H2,1H3,(H,12,14)(H,18,19);1-3H3;/q2*-1;+2. The van der Waals surface area contributed by atoms with Crippen molar-refractivity contribution in [1.29, 1.82) is 0 Å². The zero-order valence-corrected chi connectivity index (χ0v) is 17.6. The summed E-state index contributed by atoms with van der Waals surface area (Å²) in [5.74, 6) is -0.520. The molecule has 0 spiro atoms. The zero-order chi connectivity index (χ0) is 19.0. The fraction of sp³-hybridized carbons (Fsp3) is 0.733. The molecule has 1 aliphatic rings. The van der Waals surface area contributed by atoms with Crippen molar-refractivity contribution in [3.8, 4) is 0 Å². The Bertz CT molecular complexity index is 406. The number of carbonyl (C=O) groups excluding carboxylic acids is 1. The fourth-order valence-corrected chi connectivity index (χ4v) is 1.98. The van der Waals surface area contributed by atoms with Crippen LogP contribution in [0.25, 0.3) is 0 Å². The van der Waals surface area contributed by atoms with Gasteiger partial charge in [-0.3, -0.25) is 9.59 Å². The van der Waals surface area contributed by atoms with E-state index in [1.807, 2.05) is 0 Å². The Hall–Kier alpha value is -0.702. The number of rotatable bonds is 5. The minimum Gasteiger partial charge on any atom is -0.514 e. The smallest absolute Gasteiger partial charge is 0.514 e. The molecular weight excluding hydrogens is 506 g/mol. The SMILES string of the molecule is CC(=O)NC1C(O)C[C-](C(=O)O)OC1C(O)C(O)CO.C[C-](C)C.[W+2]. The van der Waals surface area contributed by atoms with E-state index in [9.17, 15) is 24.9 Å². The van der Waals surface area contributed by atoms with Crippen molar-refractivity contribution in [3.05, 3.63) is 12.0 Å². The molecule has 1 fully saturated rings. The molecule has 146 valence electrons. The van der Waals surface area contributed by atoms with Crippen molar-refractivity contribution >= 4 is 11.9 Å². The number of aliphatic hydroxyl groups excluding tert-OH is 4. The molecule has 1 rings (SSSR count). The molecule has 1 amide bonds. The largest absolute Gasteiger partial charge is 2.00 e. The number of carboxylic acid groups (broad SMARTS) is 1. The van der Waals surface area contributed by atoms with E-state index in [-0.39, 0.29) is 27.5 Å². The molecule has 0 bridgehead atoms. The van der Waals surface area contributed by atoms with Crippen molar-refractivity contribution in [3.63, 3.8) is 0 Å². The monoisotopic (exact) mass is 533 g/mol. The Morgan fingerprint density at radius 1 is 1.32 bits per heavy atom. The van der Waals surface area contributed by atoms with Gasteiger partial charge in [0.05, 0.1) is 24.9 Å². The van der Waals surface area contributed by atoms with Gasteiger partial charge in [-0.05, 0) is 0 Å². The first kappa shape index (κ1) is 26.5. The molecule has 0 aliphatic carbocycles. The summed E-state index contributed by atoms with van der Waals surface area (Å²) in [5, 5.41) is 49.1. The Morgan fingerprint density at radius 3 is 2.16 bits per heavy atom. The number of carbonyl (C=O) groups is 2. The molecule has 0 saturated carbocycles. The van der Waals surface area contributed by atoms with E-state index in [1.165, 1.54) is 12.8 Å². The van der Waals surface area contributed by atoms with Gasteiger partial charge in [-0.25, -0.2) is 0 Å². The second-order valence-corrected chi connectivity index (χ2v) is 6.05. The van der Waals surface area contributed by atoms with Gasteiger partial charge < -0.3 is 41.5 Å². The van der Waals surface area contributed by atoms with Gasteiger partial charge in [-0.1, -0.05) is 0 Å². The Morgan fingerprint density at radius 2 is 1.80 bits per heavy atom. The first-order chi connectivity index (χ1) is 11.0. The third kappa shape index (κ3) is 9.53. The molecule has 0 aromatic carbocycles. The van der Waals surface area contributed by atoms with Crippen LogP contribution in [-0.2, 0) is 35.4 Å². The summed E-state index contributed by atoms with van der Waals surface area (Å²) >= 11 is 0. The predicted octanol–water partition coefficient (Wildman–Crippen LogP) is -1.41. The van der Waals surface area contributed by atoms with Crippen LogP contribution in [0.1, 0.15) is 34.1 Å². The summed E-state index contributed by atoms with van der Waals surface area (Å²) in [6, 6.07) is -1.10. The normalized spacial score (nSPS) is 25.2. The van der Waals surface area contributed by atoms with E-state index in [4.69, 9.17) is 14.9 Å². The van der Waals surface area contributed by atoms with Crippen molar-refractivity contribution in [1.82, 2.24) is 5.32 Å². The Balaban J connectivity index is 0. The first-order valence-corrected chi connectivity index (χ1v) is 7.45. The number of carboxylic acids is 1. The number of ether oxygens (including phenoxy) is 1. The van der Waals surface area contributed by atoms with E-state index in [1.54, 1.807) is 0 Å². The van der Waals surface area contributed by atoms with Gasteiger partial charge in [0.1, 0.15) is 12.2 Å². The van der Waals surface area contributed by atoms with Gasteiger partial charge >= 0.3 is 21.1 Å². The van der Waals surface area contributed by atoms with Crippen molar-refractivity contribution in [2.24, 2.45) is 0 Å². The maximum absolute atomic E-state index is 11.1. The third-order valence-corrected chi connectivity index (χ3v) is 2.97. The molecule has 1 aliphatic heterocycles. The quantitative estimate of drug-likeness (QED) is 0.236. The zero-order valence-electron chi connectivity index (χ0n) is 14.7. The molecule has 1 heterocycles. The molecular formula is C15H27NO8W. The average Bonchev–Trinajstić information content (AvgIpc) is 2.46. The Labute approximate surface area is 161 Å². The molecule has 1 saturated heterocycles. The molecule has 0 radical (unpaired) electrons. The first-order valence-electron chi connectivity index (χ1n) is 7.45. The second kappa shape index (κ2) is 12.6. The topological polar surface area (TPSA) is 157 Å². The third-order valence-electron chi connectivity index (χ3n) is 2.97. The van der Waals surface area contributed by atoms with Crippen molar-refractivity contribution in [2.75, 3.05) is 6.61 Å². The van der Waals surface area contributed by atoms with E-state index in [2.05, 4.69) is 26.1 Å². The Kier molecular flexibility index (Phi) is 13.4. The van der Waals surface area contributed by atoms with E-state index in [0.717, 1.165) is 0 Å². The van der Waals surface area contributed by atoms with Crippen LogP contribution in [0.3, 0.4) is 0 Å². The summed E-state index contributed by atoms with van der Waals surface area (Å²) in [5.41, 5.74) is 0. The maximum Gasteiger partial charge on any atom is 2.00 e. The summed E-state index contributed by atoms with van der Waals surface area (Å²) in [6.07, 6.45) is -6.81. The van der Waals surface area contributed by atoms with Crippen LogP contribution in [0.4, 0.5) is 0 Å². The van der Waals surface area contributed by atoms with Crippen LogP contribution >= 0.6 is 0 Å². The van der Waals surface area contributed by atoms with Crippen LogP contribution in [-0.4, -0.2) is 74.5 Å². The number of hydrogen-bond acceptors (Lipinski definition) is 7. The number of aliphatic hydroxyl groups is 4. The minimum atomic E-state index is -1.68. The van der Waals surface area contributed by atoms with Gasteiger partial charge in [-0.15, -0.1) is 6.42 Å². The van der Waals surface area contributed by atoms with Gasteiger partial charge in [0, 0.05) is 6.92 Å². The van der Waals surface area contributed by atoms with Crippen LogP contribution in [0.5, 0.6) is 0 Å². The number of nitrogens with one attached hydrogen (secondary N) is 1. The molecule has 5 atom stereocenters. The number of amides is 1. The molecule has 9 nitrogen and oxygen atoms in total. The maximum atomic E-state index is 11.1. The van der Waals surface area contributed by atoms with Crippen LogP contribution in [0.15, 0.2) is 0 Å². The second-order valence-electron chi connectivity index (χ2n) is 6.05. The van der Waals surface area contributed by atoms with Crippen LogP contribution in [0.2, 0.25) is 0 Å². The fourth-order valence-electron chi connectivity index (χ4n) is 1.98. The van der Waals surface area contributed by atoms with Crippen molar-refractivity contribution < 1.29 is 60.9 Å². The van der Waals surface area contributed by atoms with Gasteiger partial charge in [0.25, 0.3) is 0 Å². The molecule has 10 heteroatoms. The molecule has 5 unspecified atom stereocenters. The summed E-state index contributed by atoms with van der Waals surface area (Å²) < 4.78 is 5.04. The van der Waals surface area contributed by atoms with Crippen molar-refractivity contribution in [2.45, 2.75) is 64.6 Å². The molecule has 0 aromatic heterocycles.